The maximum Gasteiger partial charge on any atom is 0.178 e. The van der Waals surface area contributed by atoms with Crippen molar-refractivity contribution >= 4 is 10.9 Å². The molecule has 0 aliphatic heterocycles. The molecule has 2 aromatic rings. The van der Waals surface area contributed by atoms with E-state index in [9.17, 15) is 10.2 Å². The van der Waals surface area contributed by atoms with Crippen molar-refractivity contribution in [1.29, 1.82) is 0 Å². The molecule has 1 fully saturated rings. The Labute approximate surface area is 112 Å². The number of nitrogens with zero attached hydrogens (tertiary/aromatic N) is 2. The minimum Gasteiger partial charge on any atom is -0.364 e. The van der Waals surface area contributed by atoms with Gasteiger partial charge in [0.15, 0.2) is 6.29 Å². The molecular formula is C15H20N2O2. The summed E-state index contributed by atoms with van der Waals surface area (Å²) in [5.41, 5.74) is 2.67. The predicted molar refractivity (Wildman–Crippen MR) is 73.8 cm³/mol. The first-order valence-corrected chi connectivity index (χ1v) is 7.08. The Morgan fingerprint density at radius 3 is 2.68 bits per heavy atom. The van der Waals surface area contributed by atoms with Crippen LogP contribution < -0.4 is 0 Å². The van der Waals surface area contributed by atoms with Crippen LogP contribution in [0.3, 0.4) is 0 Å². The summed E-state index contributed by atoms with van der Waals surface area (Å²) >= 11 is 0. The zero-order valence-electron chi connectivity index (χ0n) is 11.2. The van der Waals surface area contributed by atoms with Crippen molar-refractivity contribution in [2.75, 3.05) is 0 Å². The van der Waals surface area contributed by atoms with Crippen LogP contribution in [0.1, 0.15) is 56.2 Å². The van der Waals surface area contributed by atoms with Gasteiger partial charge in [0.05, 0.1) is 17.3 Å². The van der Waals surface area contributed by atoms with Gasteiger partial charge >= 0.3 is 0 Å². The van der Waals surface area contributed by atoms with Crippen molar-refractivity contribution in [3.63, 3.8) is 0 Å². The van der Waals surface area contributed by atoms with Crippen LogP contribution in [0, 0.1) is 0 Å². The second-order valence-corrected chi connectivity index (χ2v) is 5.33. The van der Waals surface area contributed by atoms with Gasteiger partial charge in [-0.05, 0) is 25.3 Å². The van der Waals surface area contributed by atoms with E-state index in [1.165, 1.54) is 25.7 Å². The summed E-state index contributed by atoms with van der Waals surface area (Å²) < 4.78 is 2.10. The van der Waals surface area contributed by atoms with E-state index in [1.807, 2.05) is 12.1 Å². The molecule has 0 radical (unpaired) electrons. The lowest BCUT2D eigenvalue weighted by Crippen LogP contribution is -2.07. The van der Waals surface area contributed by atoms with Crippen LogP contribution in [0.5, 0.6) is 0 Å². The summed E-state index contributed by atoms with van der Waals surface area (Å²) in [6.45, 7) is 2.11. The fourth-order valence-electron chi connectivity index (χ4n) is 3.07. The average Bonchev–Trinajstić information content (AvgIpc) is 3.04. The third-order valence-corrected chi connectivity index (χ3v) is 4.11. The van der Waals surface area contributed by atoms with Gasteiger partial charge in [-0.3, -0.25) is 4.68 Å². The number of benzene rings is 1. The molecule has 0 atom stereocenters. The molecule has 0 unspecified atom stereocenters. The van der Waals surface area contributed by atoms with Crippen LogP contribution in [-0.4, -0.2) is 20.0 Å². The minimum absolute atomic E-state index is 0.467. The number of hydrogen-bond donors (Lipinski definition) is 2. The molecule has 102 valence electrons. The molecule has 1 aliphatic rings. The standard InChI is InChI=1S/C15H20N2O2/c1-2-13-12-8-7-10(15(18)19)9-14(12)17(16-13)11-5-3-4-6-11/h7-9,11,15,18-19H,2-6H2,1H3. The van der Waals surface area contributed by atoms with E-state index in [1.54, 1.807) is 6.07 Å². The first-order chi connectivity index (χ1) is 9.20. The predicted octanol–water partition coefficient (Wildman–Crippen LogP) is 2.70. The van der Waals surface area contributed by atoms with E-state index in [-0.39, 0.29) is 0 Å². The summed E-state index contributed by atoms with van der Waals surface area (Å²) in [6, 6.07) is 6.06. The summed E-state index contributed by atoms with van der Waals surface area (Å²) in [7, 11) is 0. The third kappa shape index (κ3) is 2.15. The average molecular weight is 260 g/mol. The zero-order valence-corrected chi connectivity index (χ0v) is 11.2. The minimum atomic E-state index is -1.42. The summed E-state index contributed by atoms with van der Waals surface area (Å²) in [5, 5.41) is 24.5. The van der Waals surface area contributed by atoms with Gasteiger partial charge in [0.25, 0.3) is 0 Å². The van der Waals surface area contributed by atoms with Crippen molar-refractivity contribution in [2.24, 2.45) is 0 Å². The van der Waals surface area contributed by atoms with Crippen LogP contribution >= 0.6 is 0 Å². The molecule has 1 aromatic heterocycles. The highest BCUT2D eigenvalue weighted by Crippen LogP contribution is 2.33. The lowest BCUT2D eigenvalue weighted by molar-refractivity contribution is -0.0424. The second-order valence-electron chi connectivity index (χ2n) is 5.33. The van der Waals surface area contributed by atoms with Crippen LogP contribution in [0.15, 0.2) is 18.2 Å². The quantitative estimate of drug-likeness (QED) is 0.834. The lowest BCUT2D eigenvalue weighted by Gasteiger charge is -2.12. The topological polar surface area (TPSA) is 58.3 Å². The summed E-state index contributed by atoms with van der Waals surface area (Å²) in [5.74, 6) is 0. The van der Waals surface area contributed by atoms with Gasteiger partial charge in [-0.2, -0.15) is 5.10 Å². The molecule has 0 saturated heterocycles. The largest absolute Gasteiger partial charge is 0.364 e. The van der Waals surface area contributed by atoms with Crippen LogP contribution in [-0.2, 0) is 6.42 Å². The Morgan fingerprint density at radius 2 is 2.05 bits per heavy atom. The SMILES string of the molecule is CCc1nn(C2CCCC2)c2cc(C(O)O)ccc12. The Kier molecular flexibility index (Phi) is 3.29. The Morgan fingerprint density at radius 1 is 1.32 bits per heavy atom. The molecule has 1 heterocycles. The van der Waals surface area contributed by atoms with Crippen LogP contribution in [0.25, 0.3) is 10.9 Å². The number of fused-ring (bicyclic) bond motifs is 1. The van der Waals surface area contributed by atoms with E-state index < -0.39 is 6.29 Å². The van der Waals surface area contributed by atoms with Crippen molar-refractivity contribution in [1.82, 2.24) is 9.78 Å². The molecule has 4 nitrogen and oxygen atoms in total. The van der Waals surface area contributed by atoms with Crippen LogP contribution in [0.2, 0.25) is 0 Å². The third-order valence-electron chi connectivity index (χ3n) is 4.11. The highest BCUT2D eigenvalue weighted by Gasteiger charge is 2.21. The number of aliphatic hydroxyl groups is 2. The smallest absolute Gasteiger partial charge is 0.178 e. The van der Waals surface area contributed by atoms with Crippen molar-refractivity contribution in [3.8, 4) is 0 Å². The van der Waals surface area contributed by atoms with Gasteiger partial charge in [0, 0.05) is 10.9 Å². The van der Waals surface area contributed by atoms with E-state index in [0.717, 1.165) is 23.0 Å². The van der Waals surface area contributed by atoms with Gasteiger partial charge in [0.1, 0.15) is 0 Å². The Hall–Kier alpha value is -1.39. The van der Waals surface area contributed by atoms with E-state index in [0.29, 0.717) is 11.6 Å². The molecule has 1 aromatic carbocycles. The fraction of sp³-hybridized carbons (Fsp3) is 0.533. The monoisotopic (exact) mass is 260 g/mol. The van der Waals surface area contributed by atoms with Crippen molar-refractivity contribution < 1.29 is 10.2 Å². The number of rotatable bonds is 3. The highest BCUT2D eigenvalue weighted by molar-refractivity contribution is 5.83. The number of hydrogen-bond acceptors (Lipinski definition) is 3. The summed E-state index contributed by atoms with van der Waals surface area (Å²) in [6.07, 6.45) is 4.35. The number of aryl methyl sites for hydroxylation is 1. The molecule has 3 rings (SSSR count). The van der Waals surface area contributed by atoms with Crippen LogP contribution in [0.4, 0.5) is 0 Å². The second kappa shape index (κ2) is 4.94. The van der Waals surface area contributed by atoms with Gasteiger partial charge < -0.3 is 10.2 Å². The molecule has 1 aliphatic carbocycles. The van der Waals surface area contributed by atoms with E-state index in [2.05, 4.69) is 11.6 Å². The molecule has 0 bridgehead atoms. The van der Waals surface area contributed by atoms with Crippen molar-refractivity contribution in [2.45, 2.75) is 51.4 Å². The molecule has 2 N–H and O–H groups in total. The van der Waals surface area contributed by atoms with Gasteiger partial charge in [0.2, 0.25) is 0 Å². The van der Waals surface area contributed by atoms with Gasteiger partial charge in [-0.1, -0.05) is 31.9 Å². The number of aliphatic hydroxyl groups excluding tert-OH is 1. The molecule has 19 heavy (non-hydrogen) atoms. The maximum absolute atomic E-state index is 9.33. The molecule has 0 amide bonds. The fourth-order valence-corrected chi connectivity index (χ4v) is 3.07. The van der Waals surface area contributed by atoms with E-state index in [4.69, 9.17) is 5.10 Å². The summed E-state index contributed by atoms with van der Waals surface area (Å²) in [4.78, 5) is 0. The number of aromatic nitrogens is 2. The molecule has 0 spiro atoms. The highest BCUT2D eigenvalue weighted by atomic mass is 16.5. The maximum atomic E-state index is 9.33. The molecular weight excluding hydrogens is 240 g/mol. The van der Waals surface area contributed by atoms with E-state index >= 15 is 0 Å². The Bertz CT molecular complexity index is 583. The molecule has 4 heteroatoms. The van der Waals surface area contributed by atoms with Gasteiger partial charge in [-0.15, -0.1) is 0 Å². The van der Waals surface area contributed by atoms with Gasteiger partial charge in [-0.25, -0.2) is 0 Å². The zero-order chi connectivity index (χ0) is 13.4. The lowest BCUT2D eigenvalue weighted by atomic mass is 10.1. The van der Waals surface area contributed by atoms with Crippen molar-refractivity contribution in [3.05, 3.63) is 29.5 Å². The first kappa shape index (κ1) is 12.6. The normalized spacial score (nSPS) is 16.8. The Balaban J connectivity index is 2.16. The molecule has 1 saturated carbocycles. The first-order valence-electron chi connectivity index (χ1n) is 7.08.